The first-order valence-electron chi connectivity index (χ1n) is 10.4. The van der Waals surface area contributed by atoms with E-state index in [1.807, 2.05) is 27.7 Å². The van der Waals surface area contributed by atoms with Crippen molar-refractivity contribution in [3.05, 3.63) is 63.6 Å². The van der Waals surface area contributed by atoms with Crippen LogP contribution in [-0.2, 0) is 6.54 Å². The van der Waals surface area contributed by atoms with E-state index < -0.39 is 23.6 Å². The summed E-state index contributed by atoms with van der Waals surface area (Å²) in [6, 6.07) is 4.89. The van der Waals surface area contributed by atoms with E-state index in [1.54, 1.807) is 11.6 Å². The molecule has 0 aliphatic carbocycles. The van der Waals surface area contributed by atoms with Crippen LogP contribution >= 0.6 is 0 Å². The number of amides is 2. The largest absolute Gasteiger partial charge is 0.573 e. The zero-order valence-electron chi connectivity index (χ0n) is 19.2. The van der Waals surface area contributed by atoms with E-state index >= 15 is 0 Å². The van der Waals surface area contributed by atoms with Crippen LogP contribution in [0.3, 0.4) is 0 Å². The van der Waals surface area contributed by atoms with Gasteiger partial charge in [0.15, 0.2) is 0 Å². The van der Waals surface area contributed by atoms with Crippen molar-refractivity contribution in [2.75, 3.05) is 13.6 Å². The van der Waals surface area contributed by atoms with Crippen molar-refractivity contribution in [1.29, 1.82) is 0 Å². The molecule has 0 fully saturated rings. The molecule has 0 radical (unpaired) electrons. The SMILES string of the molecule is CC(C)CN(C)C(=O)c1cn(C(C)C)cc(C(=O)NCc2ccc(OC(F)(F)F)cc2)c1=O. The van der Waals surface area contributed by atoms with Crippen molar-refractivity contribution >= 4 is 11.8 Å². The minimum Gasteiger partial charge on any atom is -0.406 e. The number of nitrogens with one attached hydrogen (secondary N) is 1. The highest BCUT2D eigenvalue weighted by molar-refractivity contribution is 5.99. The molecule has 0 bridgehead atoms. The van der Waals surface area contributed by atoms with Crippen molar-refractivity contribution in [2.45, 2.75) is 46.6 Å². The molecular formula is C23H28F3N3O4. The molecule has 1 aromatic carbocycles. The number of carbonyl (C=O) groups is 2. The van der Waals surface area contributed by atoms with E-state index in [0.717, 1.165) is 12.1 Å². The molecule has 2 amide bonds. The van der Waals surface area contributed by atoms with Crippen molar-refractivity contribution in [3.63, 3.8) is 0 Å². The predicted molar refractivity (Wildman–Crippen MR) is 117 cm³/mol. The maximum absolute atomic E-state index is 13.0. The molecule has 0 aliphatic heterocycles. The Kier molecular flexibility index (Phi) is 8.29. The number of pyridine rings is 1. The highest BCUT2D eigenvalue weighted by Gasteiger charge is 2.31. The Morgan fingerprint density at radius 1 is 1.06 bits per heavy atom. The molecule has 1 N–H and O–H groups in total. The van der Waals surface area contributed by atoms with Crippen LogP contribution < -0.4 is 15.5 Å². The number of benzene rings is 1. The number of hydrogen-bond acceptors (Lipinski definition) is 4. The normalized spacial score (nSPS) is 11.6. The molecule has 0 atom stereocenters. The zero-order chi connectivity index (χ0) is 24.9. The Labute approximate surface area is 190 Å². The number of aromatic nitrogens is 1. The van der Waals surface area contributed by atoms with E-state index in [-0.39, 0.29) is 35.4 Å². The lowest BCUT2D eigenvalue weighted by Gasteiger charge is -2.21. The predicted octanol–water partition coefficient (Wildman–Crippen LogP) is 3.99. The monoisotopic (exact) mass is 467 g/mol. The summed E-state index contributed by atoms with van der Waals surface area (Å²) >= 11 is 0. The second kappa shape index (κ2) is 10.5. The molecule has 0 saturated heterocycles. The third-order valence-electron chi connectivity index (χ3n) is 4.71. The lowest BCUT2D eigenvalue weighted by molar-refractivity contribution is -0.274. The second-order valence-electron chi connectivity index (χ2n) is 8.41. The number of nitrogens with zero attached hydrogens (tertiary/aromatic N) is 2. The highest BCUT2D eigenvalue weighted by atomic mass is 19.4. The second-order valence-corrected chi connectivity index (χ2v) is 8.41. The smallest absolute Gasteiger partial charge is 0.406 e. The van der Waals surface area contributed by atoms with Crippen molar-refractivity contribution in [1.82, 2.24) is 14.8 Å². The summed E-state index contributed by atoms with van der Waals surface area (Å²) in [5.74, 6) is -1.34. The van der Waals surface area contributed by atoms with Crippen LogP contribution in [-0.4, -0.2) is 41.2 Å². The van der Waals surface area contributed by atoms with Crippen molar-refractivity contribution in [2.24, 2.45) is 5.92 Å². The highest BCUT2D eigenvalue weighted by Crippen LogP contribution is 2.22. The van der Waals surface area contributed by atoms with Gasteiger partial charge < -0.3 is 19.5 Å². The summed E-state index contributed by atoms with van der Waals surface area (Å²) in [5.41, 5.74) is -0.470. The van der Waals surface area contributed by atoms with Gasteiger partial charge in [-0.25, -0.2) is 0 Å². The van der Waals surface area contributed by atoms with Gasteiger partial charge >= 0.3 is 6.36 Å². The molecule has 1 heterocycles. The van der Waals surface area contributed by atoms with Crippen LogP contribution in [0.1, 0.15) is 60.0 Å². The molecule has 2 aromatic rings. The minimum atomic E-state index is -4.79. The summed E-state index contributed by atoms with van der Waals surface area (Å²) < 4.78 is 42.3. The number of hydrogen-bond donors (Lipinski definition) is 1. The lowest BCUT2D eigenvalue weighted by atomic mass is 10.1. The van der Waals surface area contributed by atoms with Gasteiger partial charge in [0.2, 0.25) is 5.43 Å². The van der Waals surface area contributed by atoms with Crippen LogP contribution in [0, 0.1) is 5.92 Å². The fourth-order valence-corrected chi connectivity index (χ4v) is 3.13. The quantitative estimate of drug-likeness (QED) is 0.637. The first kappa shape index (κ1) is 26.0. The molecular weight excluding hydrogens is 439 g/mol. The van der Waals surface area contributed by atoms with E-state index in [9.17, 15) is 27.6 Å². The Bertz CT molecular complexity index is 1040. The first-order chi connectivity index (χ1) is 15.3. The van der Waals surface area contributed by atoms with Gasteiger partial charge in [0, 0.05) is 38.6 Å². The average molecular weight is 467 g/mol. The number of ether oxygens (including phenoxy) is 1. The Morgan fingerprint density at radius 3 is 2.15 bits per heavy atom. The van der Waals surface area contributed by atoms with Gasteiger partial charge in [0.1, 0.15) is 16.9 Å². The number of alkyl halides is 3. The van der Waals surface area contributed by atoms with Crippen LogP contribution in [0.25, 0.3) is 0 Å². The van der Waals surface area contributed by atoms with Crippen LogP contribution in [0.2, 0.25) is 0 Å². The van der Waals surface area contributed by atoms with Crippen LogP contribution in [0.4, 0.5) is 13.2 Å². The lowest BCUT2D eigenvalue weighted by Crippen LogP contribution is -2.37. The molecule has 10 heteroatoms. The van der Waals surface area contributed by atoms with Gasteiger partial charge in [-0.2, -0.15) is 0 Å². The Hall–Kier alpha value is -3.30. The average Bonchev–Trinajstić information content (AvgIpc) is 2.70. The van der Waals surface area contributed by atoms with Crippen LogP contribution in [0.15, 0.2) is 41.5 Å². The minimum absolute atomic E-state index is 0.0301. The van der Waals surface area contributed by atoms with Gasteiger partial charge in [-0.3, -0.25) is 14.4 Å². The number of halogens is 3. The molecule has 1 aromatic heterocycles. The Balaban J connectivity index is 2.24. The third-order valence-corrected chi connectivity index (χ3v) is 4.71. The van der Waals surface area contributed by atoms with E-state index in [2.05, 4.69) is 10.1 Å². The van der Waals surface area contributed by atoms with Crippen molar-refractivity contribution < 1.29 is 27.5 Å². The maximum atomic E-state index is 13.0. The van der Waals surface area contributed by atoms with E-state index in [0.29, 0.717) is 12.1 Å². The summed E-state index contributed by atoms with van der Waals surface area (Å²) in [5, 5.41) is 2.58. The van der Waals surface area contributed by atoms with E-state index in [1.165, 1.54) is 29.4 Å². The van der Waals surface area contributed by atoms with Crippen molar-refractivity contribution in [3.8, 4) is 5.75 Å². The third kappa shape index (κ3) is 7.37. The van der Waals surface area contributed by atoms with Gasteiger partial charge in [0.25, 0.3) is 11.8 Å². The van der Waals surface area contributed by atoms with Gasteiger partial charge in [-0.05, 0) is 37.5 Å². The van der Waals surface area contributed by atoms with Crippen LogP contribution in [0.5, 0.6) is 5.75 Å². The summed E-state index contributed by atoms with van der Waals surface area (Å²) in [6.45, 7) is 8.01. The number of rotatable bonds is 8. The standard InChI is InChI=1S/C23H28F3N3O4/c1-14(2)11-28(5)22(32)19-13-29(15(3)4)12-18(20(19)30)21(31)27-10-16-6-8-17(9-7-16)33-23(24,25)26/h6-9,12-15H,10-11H2,1-5H3,(H,27,31). The zero-order valence-corrected chi connectivity index (χ0v) is 19.2. The summed E-state index contributed by atoms with van der Waals surface area (Å²) in [4.78, 5) is 40.0. The molecule has 0 aliphatic rings. The topological polar surface area (TPSA) is 80.6 Å². The fourth-order valence-electron chi connectivity index (χ4n) is 3.13. The fraction of sp³-hybridized carbons (Fsp3) is 0.435. The molecule has 0 unspecified atom stereocenters. The van der Waals surface area contributed by atoms with Gasteiger partial charge in [0.05, 0.1) is 0 Å². The molecule has 33 heavy (non-hydrogen) atoms. The number of carbonyl (C=O) groups excluding carboxylic acids is 2. The molecule has 7 nitrogen and oxygen atoms in total. The Morgan fingerprint density at radius 2 is 1.64 bits per heavy atom. The van der Waals surface area contributed by atoms with Gasteiger partial charge in [-0.1, -0.05) is 26.0 Å². The van der Waals surface area contributed by atoms with E-state index in [4.69, 9.17) is 0 Å². The van der Waals surface area contributed by atoms with Gasteiger partial charge in [-0.15, -0.1) is 13.2 Å². The first-order valence-corrected chi connectivity index (χ1v) is 10.4. The summed E-state index contributed by atoms with van der Waals surface area (Å²) in [7, 11) is 1.60. The molecule has 180 valence electrons. The molecule has 2 rings (SSSR count). The molecule has 0 saturated carbocycles. The molecule has 0 spiro atoms. The summed E-state index contributed by atoms with van der Waals surface area (Å²) in [6.07, 6.45) is -1.96. The maximum Gasteiger partial charge on any atom is 0.573 e.